The van der Waals surface area contributed by atoms with E-state index < -0.39 is 0 Å². The molecule has 1 aromatic heterocycles. The third kappa shape index (κ3) is 4.46. The van der Waals surface area contributed by atoms with Crippen LogP contribution in [0.25, 0.3) is 0 Å². The molecule has 124 valence electrons. The molecule has 2 rings (SSSR count). The minimum absolute atomic E-state index is 0.611. The maximum atomic E-state index is 5.62. The molecule has 22 heavy (non-hydrogen) atoms. The minimum atomic E-state index is 0.611. The first-order valence-corrected chi connectivity index (χ1v) is 8.53. The summed E-state index contributed by atoms with van der Waals surface area (Å²) in [4.78, 5) is 5.75. The Bertz CT molecular complexity index is 478. The Hall–Kier alpha value is -1.08. The third-order valence-electron chi connectivity index (χ3n) is 4.84. The van der Waals surface area contributed by atoms with Crippen molar-refractivity contribution < 1.29 is 0 Å². The first kappa shape index (κ1) is 17.3. The van der Waals surface area contributed by atoms with Crippen LogP contribution in [0.3, 0.4) is 0 Å². The molecule has 0 atom stereocenters. The van der Waals surface area contributed by atoms with Gasteiger partial charge in [-0.1, -0.05) is 12.2 Å². The molecular weight excluding hydrogens is 296 g/mol. The van der Waals surface area contributed by atoms with Gasteiger partial charge in [-0.05, 0) is 63.0 Å². The van der Waals surface area contributed by atoms with E-state index in [9.17, 15) is 0 Å². The van der Waals surface area contributed by atoms with Crippen LogP contribution in [0.1, 0.15) is 44.3 Å². The summed E-state index contributed by atoms with van der Waals surface area (Å²) < 4.78 is 1.73. The van der Waals surface area contributed by atoms with Crippen molar-refractivity contribution in [3.8, 4) is 0 Å². The van der Waals surface area contributed by atoms with E-state index in [4.69, 9.17) is 12.2 Å². The lowest BCUT2D eigenvalue weighted by molar-refractivity contribution is 0.176. The van der Waals surface area contributed by atoms with Crippen LogP contribution in [-0.2, 0) is 13.5 Å². The van der Waals surface area contributed by atoms with E-state index >= 15 is 0 Å². The molecule has 0 radical (unpaired) electrons. The minimum Gasteiger partial charge on any atom is -0.366 e. The summed E-state index contributed by atoms with van der Waals surface area (Å²) in [5.74, 6) is 0.928. The highest BCUT2D eigenvalue weighted by molar-refractivity contribution is 7.80. The molecule has 0 N–H and O–H groups in total. The molecule has 7 heteroatoms. The van der Waals surface area contributed by atoms with E-state index in [1.54, 1.807) is 4.68 Å². The van der Waals surface area contributed by atoms with Gasteiger partial charge in [-0.15, -0.1) is 5.10 Å². The van der Waals surface area contributed by atoms with Gasteiger partial charge in [0.2, 0.25) is 0 Å². The van der Waals surface area contributed by atoms with Gasteiger partial charge < -0.3 is 9.80 Å². The smallest absolute Gasteiger partial charge is 0.150 e. The van der Waals surface area contributed by atoms with E-state index in [1.807, 2.05) is 7.05 Å². The molecule has 0 bridgehead atoms. The van der Waals surface area contributed by atoms with Crippen molar-refractivity contribution in [1.29, 1.82) is 0 Å². The van der Waals surface area contributed by atoms with Crippen LogP contribution >= 0.6 is 12.2 Å². The summed E-state index contributed by atoms with van der Waals surface area (Å²) >= 11 is 5.62. The van der Waals surface area contributed by atoms with Crippen LogP contribution in [0.15, 0.2) is 0 Å². The summed E-state index contributed by atoms with van der Waals surface area (Å²) in [6.07, 6.45) is 7.85. The normalized spacial score (nSPS) is 22.0. The van der Waals surface area contributed by atoms with Gasteiger partial charge in [-0.25, -0.2) is 4.68 Å². The Kier molecular flexibility index (Phi) is 6.26. The molecular formula is C15H28N6S. The van der Waals surface area contributed by atoms with Crippen LogP contribution in [0.4, 0.5) is 0 Å². The number of thiocarbonyl (C=S) groups is 1. The van der Waals surface area contributed by atoms with Gasteiger partial charge in [-0.3, -0.25) is 0 Å². The zero-order chi connectivity index (χ0) is 16.1. The lowest BCUT2D eigenvalue weighted by atomic mass is 9.89. The van der Waals surface area contributed by atoms with E-state index in [1.165, 1.54) is 25.7 Å². The Balaban J connectivity index is 1.72. The van der Waals surface area contributed by atoms with Gasteiger partial charge in [0.25, 0.3) is 0 Å². The van der Waals surface area contributed by atoms with Crippen molar-refractivity contribution >= 4 is 17.2 Å². The topological polar surface area (TPSA) is 50.1 Å². The fourth-order valence-corrected chi connectivity index (χ4v) is 3.49. The molecule has 1 heterocycles. The summed E-state index contributed by atoms with van der Waals surface area (Å²) in [5, 5.41) is 11.5. The lowest BCUT2D eigenvalue weighted by Crippen LogP contribution is -2.42. The summed E-state index contributed by atoms with van der Waals surface area (Å²) in [6.45, 7) is 0. The van der Waals surface area contributed by atoms with Crippen molar-refractivity contribution in [3.05, 3.63) is 5.82 Å². The van der Waals surface area contributed by atoms with E-state index in [0.29, 0.717) is 6.04 Å². The van der Waals surface area contributed by atoms with Crippen LogP contribution in [0.2, 0.25) is 0 Å². The molecule has 0 spiro atoms. The van der Waals surface area contributed by atoms with Crippen molar-refractivity contribution in [1.82, 2.24) is 30.0 Å². The molecule has 1 aliphatic carbocycles. The second-order valence-electron chi connectivity index (χ2n) is 6.50. The fourth-order valence-electron chi connectivity index (χ4n) is 3.20. The van der Waals surface area contributed by atoms with Gasteiger partial charge in [-0.2, -0.15) is 0 Å². The predicted octanol–water partition coefficient (Wildman–Crippen LogP) is 1.66. The van der Waals surface area contributed by atoms with E-state index in [2.05, 4.69) is 46.5 Å². The van der Waals surface area contributed by atoms with Gasteiger partial charge in [0, 0.05) is 32.6 Å². The maximum absolute atomic E-state index is 5.62. The highest BCUT2D eigenvalue weighted by Crippen LogP contribution is 2.25. The van der Waals surface area contributed by atoms with Crippen molar-refractivity contribution in [2.45, 2.75) is 57.0 Å². The molecule has 0 aliphatic heterocycles. The molecule has 6 nitrogen and oxygen atoms in total. The monoisotopic (exact) mass is 324 g/mol. The molecule has 0 amide bonds. The number of hydrogen-bond donors (Lipinski definition) is 0. The SMILES string of the molecule is CN(C)C1CCC(N(C)C(=S)CCCc2nnnn2C)CC1. The standard InChI is InChI=1S/C15H28N6S/c1-19(2)12-8-10-13(11-9-12)20(3)15(22)7-5-6-14-16-17-18-21(14)4/h12-13H,5-11H2,1-4H3. The predicted molar refractivity (Wildman–Crippen MR) is 91.8 cm³/mol. The average Bonchev–Trinajstić information content (AvgIpc) is 2.92. The Morgan fingerprint density at radius 1 is 1.18 bits per heavy atom. The Morgan fingerprint density at radius 2 is 1.82 bits per heavy atom. The highest BCUT2D eigenvalue weighted by atomic mass is 32.1. The Morgan fingerprint density at radius 3 is 2.36 bits per heavy atom. The second kappa shape index (κ2) is 7.97. The zero-order valence-electron chi connectivity index (χ0n) is 14.2. The fraction of sp³-hybridized carbons (Fsp3) is 0.867. The number of tetrazole rings is 1. The van der Waals surface area contributed by atoms with E-state index in [-0.39, 0.29) is 0 Å². The molecule has 1 saturated carbocycles. The summed E-state index contributed by atoms with van der Waals surface area (Å²) in [5.41, 5.74) is 0. The van der Waals surface area contributed by atoms with Crippen LogP contribution in [0, 0.1) is 0 Å². The molecule has 1 fully saturated rings. The largest absolute Gasteiger partial charge is 0.366 e. The highest BCUT2D eigenvalue weighted by Gasteiger charge is 2.25. The first-order chi connectivity index (χ1) is 10.5. The second-order valence-corrected chi connectivity index (χ2v) is 6.97. The number of nitrogens with zero attached hydrogens (tertiary/aromatic N) is 6. The molecule has 0 unspecified atom stereocenters. The molecule has 0 aromatic carbocycles. The van der Waals surface area contributed by atoms with Crippen molar-refractivity contribution in [2.75, 3.05) is 21.1 Å². The summed E-state index contributed by atoms with van der Waals surface area (Å²) in [7, 11) is 8.40. The van der Waals surface area contributed by atoms with Gasteiger partial charge >= 0.3 is 0 Å². The zero-order valence-corrected chi connectivity index (χ0v) is 15.0. The lowest BCUT2D eigenvalue weighted by Gasteiger charge is -2.38. The Labute approximate surface area is 138 Å². The number of aryl methyl sites for hydroxylation is 2. The third-order valence-corrected chi connectivity index (χ3v) is 5.33. The van der Waals surface area contributed by atoms with Crippen LogP contribution in [0.5, 0.6) is 0 Å². The van der Waals surface area contributed by atoms with Crippen LogP contribution in [-0.4, -0.2) is 68.2 Å². The van der Waals surface area contributed by atoms with Crippen LogP contribution < -0.4 is 0 Å². The molecule has 0 saturated heterocycles. The number of aromatic nitrogens is 4. The number of hydrogen-bond acceptors (Lipinski definition) is 5. The van der Waals surface area contributed by atoms with Gasteiger partial charge in [0.05, 0.1) is 4.99 Å². The van der Waals surface area contributed by atoms with Gasteiger partial charge in [0.1, 0.15) is 0 Å². The van der Waals surface area contributed by atoms with E-state index in [0.717, 1.165) is 36.1 Å². The maximum Gasteiger partial charge on any atom is 0.150 e. The molecule has 1 aromatic rings. The summed E-state index contributed by atoms with van der Waals surface area (Å²) in [6, 6.07) is 1.35. The quantitative estimate of drug-likeness (QED) is 0.742. The number of rotatable bonds is 6. The first-order valence-electron chi connectivity index (χ1n) is 8.12. The van der Waals surface area contributed by atoms with Gasteiger partial charge in [0.15, 0.2) is 5.82 Å². The molecule has 1 aliphatic rings. The van der Waals surface area contributed by atoms with Crippen molar-refractivity contribution in [2.24, 2.45) is 7.05 Å². The average molecular weight is 324 g/mol. The van der Waals surface area contributed by atoms with Crippen molar-refractivity contribution in [3.63, 3.8) is 0 Å².